The zero-order chi connectivity index (χ0) is 18.1. The largest absolute Gasteiger partial charge is 0.416 e. The van der Waals surface area contributed by atoms with E-state index in [4.69, 9.17) is 4.74 Å². The van der Waals surface area contributed by atoms with E-state index in [1.165, 1.54) is 4.90 Å². The van der Waals surface area contributed by atoms with Crippen LogP contribution in [-0.4, -0.2) is 30.6 Å². The summed E-state index contributed by atoms with van der Waals surface area (Å²) < 4.78 is 82.7. The lowest BCUT2D eigenvalue weighted by atomic mass is 9.96. The molecule has 1 aliphatic rings. The van der Waals surface area contributed by atoms with Crippen LogP contribution in [0.5, 0.6) is 0 Å². The molecular weight excluding hydrogens is 340 g/mol. The molecule has 24 heavy (non-hydrogen) atoms. The van der Waals surface area contributed by atoms with Gasteiger partial charge in [0.2, 0.25) is 5.91 Å². The van der Waals surface area contributed by atoms with Gasteiger partial charge in [-0.1, -0.05) is 6.92 Å². The van der Waals surface area contributed by atoms with Crippen LogP contribution in [0.4, 0.5) is 26.3 Å². The molecule has 1 atom stereocenters. The summed E-state index contributed by atoms with van der Waals surface area (Å²) in [6.45, 7) is 1.67. The number of halogens is 6. The summed E-state index contributed by atoms with van der Waals surface area (Å²) in [4.78, 5) is 13.2. The predicted octanol–water partition coefficient (Wildman–Crippen LogP) is 4.03. The van der Waals surface area contributed by atoms with Crippen molar-refractivity contribution < 1.29 is 35.9 Å². The van der Waals surface area contributed by atoms with E-state index < -0.39 is 35.4 Å². The molecule has 0 N–H and O–H groups in total. The van der Waals surface area contributed by atoms with E-state index in [1.54, 1.807) is 6.92 Å². The Morgan fingerprint density at radius 3 is 2.04 bits per heavy atom. The Labute approximate surface area is 134 Å². The van der Waals surface area contributed by atoms with Gasteiger partial charge in [-0.05, 0) is 30.2 Å². The fourth-order valence-electron chi connectivity index (χ4n) is 2.67. The van der Waals surface area contributed by atoms with E-state index in [-0.39, 0.29) is 37.8 Å². The molecule has 0 spiro atoms. The number of carbonyl (C=O) groups excluding carboxylic acids is 1. The molecule has 0 aliphatic carbocycles. The quantitative estimate of drug-likeness (QED) is 0.766. The monoisotopic (exact) mass is 355 g/mol. The first-order valence-electron chi connectivity index (χ1n) is 7.20. The molecular formula is C15H15F6NO2. The van der Waals surface area contributed by atoms with Crippen molar-refractivity contribution >= 4 is 5.91 Å². The lowest BCUT2D eigenvalue weighted by Gasteiger charge is -2.35. The Morgan fingerprint density at radius 2 is 1.62 bits per heavy atom. The summed E-state index contributed by atoms with van der Waals surface area (Å²) in [5.74, 6) is -0.459. The van der Waals surface area contributed by atoms with Crippen LogP contribution in [0.25, 0.3) is 0 Å². The van der Waals surface area contributed by atoms with Gasteiger partial charge in [0.25, 0.3) is 0 Å². The van der Waals surface area contributed by atoms with Gasteiger partial charge in [0, 0.05) is 6.54 Å². The number of amides is 1. The van der Waals surface area contributed by atoms with Crippen molar-refractivity contribution in [2.45, 2.75) is 31.7 Å². The molecule has 134 valence electrons. The second-order valence-electron chi connectivity index (χ2n) is 5.40. The van der Waals surface area contributed by atoms with Gasteiger partial charge in [-0.3, -0.25) is 4.79 Å². The summed E-state index contributed by atoms with van der Waals surface area (Å²) in [7, 11) is 0. The first kappa shape index (κ1) is 18.6. The van der Waals surface area contributed by atoms with Crippen LogP contribution in [0.3, 0.4) is 0 Å². The minimum Gasteiger partial charge on any atom is -0.370 e. The molecule has 1 heterocycles. The summed E-state index contributed by atoms with van der Waals surface area (Å²) in [5.41, 5.74) is -2.95. The maximum atomic E-state index is 13.0. The van der Waals surface area contributed by atoms with Crippen LogP contribution in [0.15, 0.2) is 18.2 Å². The van der Waals surface area contributed by atoms with Crippen molar-refractivity contribution in [3.63, 3.8) is 0 Å². The van der Waals surface area contributed by atoms with Crippen LogP contribution in [-0.2, 0) is 21.9 Å². The molecule has 0 aromatic heterocycles. The third-order valence-corrected chi connectivity index (χ3v) is 3.78. The van der Waals surface area contributed by atoms with Crippen molar-refractivity contribution in [3.05, 3.63) is 34.9 Å². The first-order valence-corrected chi connectivity index (χ1v) is 7.20. The van der Waals surface area contributed by atoms with Crippen LogP contribution in [0.2, 0.25) is 0 Å². The Bertz CT molecular complexity index is 579. The standard InChI is InChI=1S/C15H15F6NO2/c1-2-12(22-3-4-24-8-13(22)23)9-5-10(14(16,17)18)7-11(6-9)15(19,20)21/h5-7,12H,2-4,8H2,1H3. The topological polar surface area (TPSA) is 29.5 Å². The normalized spacial score (nSPS) is 18.0. The van der Waals surface area contributed by atoms with Gasteiger partial charge in [-0.25, -0.2) is 0 Å². The van der Waals surface area contributed by atoms with E-state index in [9.17, 15) is 31.1 Å². The minimum atomic E-state index is -4.91. The average Bonchev–Trinajstić information content (AvgIpc) is 2.48. The molecule has 0 radical (unpaired) electrons. The van der Waals surface area contributed by atoms with Gasteiger partial charge < -0.3 is 9.64 Å². The molecule has 1 unspecified atom stereocenters. The number of rotatable bonds is 3. The van der Waals surface area contributed by atoms with Gasteiger partial charge in [-0.15, -0.1) is 0 Å². The Morgan fingerprint density at radius 1 is 1.08 bits per heavy atom. The van der Waals surface area contributed by atoms with Crippen molar-refractivity contribution in [3.8, 4) is 0 Å². The third kappa shape index (κ3) is 4.00. The van der Waals surface area contributed by atoms with Crippen molar-refractivity contribution in [2.24, 2.45) is 0 Å². The lowest BCUT2D eigenvalue weighted by Crippen LogP contribution is -2.43. The predicted molar refractivity (Wildman–Crippen MR) is 72.0 cm³/mol. The highest BCUT2D eigenvalue weighted by molar-refractivity contribution is 5.78. The van der Waals surface area contributed by atoms with Crippen LogP contribution in [0.1, 0.15) is 36.1 Å². The summed E-state index contributed by atoms with van der Waals surface area (Å²) in [6, 6.07) is 0.556. The zero-order valence-corrected chi connectivity index (χ0v) is 12.7. The second kappa shape index (κ2) is 6.62. The van der Waals surface area contributed by atoms with Gasteiger partial charge in [0.05, 0.1) is 23.8 Å². The van der Waals surface area contributed by atoms with E-state index in [1.807, 2.05) is 0 Å². The number of hydrogen-bond acceptors (Lipinski definition) is 2. The Hall–Kier alpha value is -1.77. The van der Waals surface area contributed by atoms with E-state index >= 15 is 0 Å². The van der Waals surface area contributed by atoms with Crippen molar-refractivity contribution in [1.29, 1.82) is 0 Å². The summed E-state index contributed by atoms with van der Waals surface area (Å²) >= 11 is 0. The highest BCUT2D eigenvalue weighted by Gasteiger charge is 2.38. The average molecular weight is 355 g/mol. The summed E-state index contributed by atoms with van der Waals surface area (Å²) in [5, 5.41) is 0. The number of ether oxygens (including phenoxy) is 1. The van der Waals surface area contributed by atoms with Gasteiger partial charge in [-0.2, -0.15) is 26.3 Å². The fourth-order valence-corrected chi connectivity index (χ4v) is 2.67. The Balaban J connectivity index is 2.52. The smallest absolute Gasteiger partial charge is 0.370 e. The van der Waals surface area contributed by atoms with E-state index in [2.05, 4.69) is 0 Å². The molecule has 1 saturated heterocycles. The van der Waals surface area contributed by atoms with Gasteiger partial charge in [0.15, 0.2) is 0 Å². The number of morpholine rings is 1. The van der Waals surface area contributed by atoms with Crippen molar-refractivity contribution in [1.82, 2.24) is 4.90 Å². The van der Waals surface area contributed by atoms with Crippen LogP contribution >= 0.6 is 0 Å². The van der Waals surface area contributed by atoms with E-state index in [0.29, 0.717) is 12.1 Å². The SMILES string of the molecule is CCC(c1cc(C(F)(F)F)cc(C(F)(F)F)c1)N1CCOCC1=O. The van der Waals surface area contributed by atoms with Crippen LogP contribution < -0.4 is 0 Å². The molecule has 1 aliphatic heterocycles. The fraction of sp³-hybridized carbons (Fsp3) is 0.533. The number of nitrogens with zero attached hydrogens (tertiary/aromatic N) is 1. The van der Waals surface area contributed by atoms with Gasteiger partial charge >= 0.3 is 12.4 Å². The maximum Gasteiger partial charge on any atom is 0.416 e. The minimum absolute atomic E-state index is 0.0807. The highest BCUT2D eigenvalue weighted by atomic mass is 19.4. The molecule has 1 aromatic rings. The van der Waals surface area contributed by atoms with E-state index in [0.717, 1.165) is 0 Å². The van der Waals surface area contributed by atoms with Gasteiger partial charge in [0.1, 0.15) is 6.61 Å². The number of alkyl halides is 6. The highest BCUT2D eigenvalue weighted by Crippen LogP contribution is 2.39. The zero-order valence-electron chi connectivity index (χ0n) is 12.7. The molecule has 9 heteroatoms. The lowest BCUT2D eigenvalue weighted by molar-refractivity contribution is -0.146. The molecule has 1 fully saturated rings. The summed E-state index contributed by atoms with van der Waals surface area (Å²) in [6.07, 6.45) is -9.64. The molecule has 0 saturated carbocycles. The Kier molecular flexibility index (Phi) is 5.12. The molecule has 1 amide bonds. The number of benzene rings is 1. The third-order valence-electron chi connectivity index (χ3n) is 3.78. The molecule has 1 aromatic carbocycles. The first-order chi connectivity index (χ1) is 11.0. The molecule has 0 bridgehead atoms. The van der Waals surface area contributed by atoms with Crippen molar-refractivity contribution in [2.75, 3.05) is 19.8 Å². The maximum absolute atomic E-state index is 13.0. The molecule has 3 nitrogen and oxygen atoms in total. The molecule has 2 rings (SSSR count). The van der Waals surface area contributed by atoms with Crippen LogP contribution in [0, 0.1) is 0 Å². The number of hydrogen-bond donors (Lipinski definition) is 0. The second-order valence-corrected chi connectivity index (χ2v) is 5.40. The number of carbonyl (C=O) groups is 1.